The number of hydrogen-bond acceptors (Lipinski definition) is 3. The summed E-state index contributed by atoms with van der Waals surface area (Å²) in [7, 11) is 0. The van der Waals surface area contributed by atoms with Crippen molar-refractivity contribution in [3.63, 3.8) is 0 Å². The lowest BCUT2D eigenvalue weighted by molar-refractivity contribution is -0.139. The molecule has 0 bridgehead atoms. The van der Waals surface area contributed by atoms with Crippen molar-refractivity contribution in [1.29, 1.82) is 0 Å². The topological polar surface area (TPSA) is 95.1 Å². The third-order valence-electron chi connectivity index (χ3n) is 2.65. The summed E-state index contributed by atoms with van der Waals surface area (Å²) in [6, 6.07) is 8.17. The maximum Gasteiger partial charge on any atom is 0.326 e. The normalized spacial score (nSPS) is 11.8. The van der Waals surface area contributed by atoms with E-state index in [1.807, 2.05) is 30.3 Å². The van der Waals surface area contributed by atoms with Crippen LogP contribution in [0.15, 0.2) is 42.7 Å². The molecule has 6 heteroatoms. The Morgan fingerprint density at radius 3 is 2.63 bits per heavy atom. The number of aromatic amines is 1. The van der Waals surface area contributed by atoms with E-state index in [4.69, 9.17) is 5.11 Å². The Bertz CT molecular complexity index is 552. The van der Waals surface area contributed by atoms with Crippen molar-refractivity contribution < 1.29 is 14.7 Å². The van der Waals surface area contributed by atoms with Gasteiger partial charge < -0.3 is 10.4 Å². The second-order valence-corrected chi connectivity index (χ2v) is 4.04. The summed E-state index contributed by atoms with van der Waals surface area (Å²) in [5.74, 6) is -1.53. The highest BCUT2D eigenvalue weighted by Crippen LogP contribution is 2.04. The van der Waals surface area contributed by atoms with Gasteiger partial charge in [-0.3, -0.25) is 9.89 Å². The molecule has 1 aromatic heterocycles. The minimum atomic E-state index is -1.07. The van der Waals surface area contributed by atoms with Crippen LogP contribution in [0.4, 0.5) is 0 Å². The zero-order valence-electron chi connectivity index (χ0n) is 10.0. The van der Waals surface area contributed by atoms with Gasteiger partial charge in [0.15, 0.2) is 0 Å². The largest absolute Gasteiger partial charge is 0.480 e. The predicted molar refractivity (Wildman–Crippen MR) is 67.6 cm³/mol. The Labute approximate surface area is 109 Å². The lowest BCUT2D eigenvalue weighted by atomic mass is 10.1. The van der Waals surface area contributed by atoms with Crippen LogP contribution in [-0.2, 0) is 11.2 Å². The lowest BCUT2D eigenvalue weighted by Crippen LogP contribution is -2.42. The number of carbonyl (C=O) groups is 2. The SMILES string of the molecule is O=C(NC(Cc1ccccc1)C(=O)O)c1cn[nH]c1. The second-order valence-electron chi connectivity index (χ2n) is 4.04. The smallest absolute Gasteiger partial charge is 0.326 e. The zero-order valence-corrected chi connectivity index (χ0v) is 10.0. The molecule has 0 spiro atoms. The molecule has 6 nitrogen and oxygen atoms in total. The minimum absolute atomic E-state index is 0.236. The van der Waals surface area contributed by atoms with Crippen molar-refractivity contribution in [3.05, 3.63) is 53.9 Å². The molecule has 1 amide bonds. The molecular weight excluding hydrogens is 246 g/mol. The number of carbonyl (C=O) groups excluding carboxylic acids is 1. The van der Waals surface area contributed by atoms with Gasteiger partial charge in [0.05, 0.1) is 11.8 Å². The summed E-state index contributed by atoms with van der Waals surface area (Å²) in [6.07, 6.45) is 2.99. The Hall–Kier alpha value is -2.63. The van der Waals surface area contributed by atoms with Crippen LogP contribution in [0.2, 0.25) is 0 Å². The van der Waals surface area contributed by atoms with E-state index >= 15 is 0 Å². The molecule has 19 heavy (non-hydrogen) atoms. The average molecular weight is 259 g/mol. The number of carboxylic acids is 1. The van der Waals surface area contributed by atoms with Crippen molar-refractivity contribution >= 4 is 11.9 Å². The van der Waals surface area contributed by atoms with Crippen LogP contribution in [0.5, 0.6) is 0 Å². The average Bonchev–Trinajstić information content (AvgIpc) is 2.93. The maximum absolute atomic E-state index is 11.8. The van der Waals surface area contributed by atoms with Crippen LogP contribution in [0.25, 0.3) is 0 Å². The number of carboxylic acid groups (broad SMARTS) is 1. The molecule has 1 atom stereocenters. The molecule has 2 rings (SSSR count). The standard InChI is InChI=1S/C13H13N3O3/c17-12(10-7-14-15-8-10)16-11(13(18)19)6-9-4-2-1-3-5-9/h1-5,7-8,11H,6H2,(H,14,15)(H,16,17)(H,18,19). The van der Waals surface area contributed by atoms with Crippen molar-refractivity contribution in [2.75, 3.05) is 0 Å². The summed E-state index contributed by atoms with van der Waals surface area (Å²) in [6.45, 7) is 0. The van der Waals surface area contributed by atoms with Gasteiger partial charge in [0, 0.05) is 12.6 Å². The summed E-state index contributed by atoms with van der Waals surface area (Å²) in [5.41, 5.74) is 1.15. The van der Waals surface area contributed by atoms with Crippen molar-refractivity contribution in [2.24, 2.45) is 0 Å². The molecule has 0 aliphatic heterocycles. The van der Waals surface area contributed by atoms with Crippen LogP contribution < -0.4 is 5.32 Å². The number of nitrogens with zero attached hydrogens (tertiary/aromatic N) is 1. The van der Waals surface area contributed by atoms with Crippen LogP contribution in [0, 0.1) is 0 Å². The molecule has 0 aliphatic rings. The zero-order chi connectivity index (χ0) is 13.7. The molecule has 98 valence electrons. The number of nitrogens with one attached hydrogen (secondary N) is 2. The molecule has 0 saturated carbocycles. The summed E-state index contributed by atoms with van der Waals surface area (Å²) in [5, 5.41) is 17.8. The van der Waals surface area contributed by atoms with Crippen LogP contribution in [0.3, 0.4) is 0 Å². The maximum atomic E-state index is 11.8. The summed E-state index contributed by atoms with van der Waals surface area (Å²) >= 11 is 0. The number of hydrogen-bond donors (Lipinski definition) is 3. The first-order valence-corrected chi connectivity index (χ1v) is 5.73. The molecule has 3 N–H and O–H groups in total. The third-order valence-corrected chi connectivity index (χ3v) is 2.65. The van der Waals surface area contributed by atoms with Gasteiger partial charge >= 0.3 is 5.97 Å². The predicted octanol–water partition coefficient (Wildman–Crippen LogP) is 0.835. The Balaban J connectivity index is 2.05. The van der Waals surface area contributed by atoms with Gasteiger partial charge in [-0.1, -0.05) is 30.3 Å². The van der Waals surface area contributed by atoms with E-state index in [0.717, 1.165) is 5.56 Å². The van der Waals surface area contributed by atoms with Crippen LogP contribution in [0.1, 0.15) is 15.9 Å². The molecule has 0 fully saturated rings. The van der Waals surface area contributed by atoms with Gasteiger partial charge in [-0.25, -0.2) is 4.79 Å². The molecular formula is C13H13N3O3. The highest BCUT2D eigenvalue weighted by Gasteiger charge is 2.21. The fraction of sp³-hybridized carbons (Fsp3) is 0.154. The van der Waals surface area contributed by atoms with Gasteiger partial charge in [-0.2, -0.15) is 5.10 Å². The van der Waals surface area contributed by atoms with Crippen molar-refractivity contribution in [1.82, 2.24) is 15.5 Å². The monoisotopic (exact) mass is 259 g/mol. The summed E-state index contributed by atoms with van der Waals surface area (Å²) < 4.78 is 0. The number of H-pyrrole nitrogens is 1. The van der Waals surface area contributed by atoms with E-state index in [1.165, 1.54) is 12.4 Å². The van der Waals surface area contributed by atoms with E-state index in [9.17, 15) is 9.59 Å². The number of rotatable bonds is 5. The van der Waals surface area contributed by atoms with Crippen molar-refractivity contribution in [2.45, 2.75) is 12.5 Å². The van der Waals surface area contributed by atoms with Gasteiger partial charge in [0.2, 0.25) is 0 Å². The molecule has 1 unspecified atom stereocenters. The number of amides is 1. The third kappa shape index (κ3) is 3.41. The fourth-order valence-electron chi connectivity index (χ4n) is 1.67. The lowest BCUT2D eigenvalue weighted by Gasteiger charge is -2.13. The first kappa shape index (κ1) is 12.8. The van der Waals surface area contributed by atoms with E-state index in [-0.39, 0.29) is 6.42 Å². The fourth-order valence-corrected chi connectivity index (χ4v) is 1.67. The Morgan fingerprint density at radius 2 is 2.05 bits per heavy atom. The highest BCUT2D eigenvalue weighted by atomic mass is 16.4. The number of aliphatic carboxylic acids is 1. The minimum Gasteiger partial charge on any atom is -0.480 e. The van der Waals surface area contributed by atoms with Gasteiger partial charge in [0.1, 0.15) is 6.04 Å². The highest BCUT2D eigenvalue weighted by molar-refractivity contribution is 5.96. The quantitative estimate of drug-likeness (QED) is 0.741. The molecule has 2 aromatic rings. The first-order valence-electron chi connectivity index (χ1n) is 5.73. The van der Waals surface area contributed by atoms with Crippen LogP contribution in [-0.4, -0.2) is 33.2 Å². The molecule has 0 aliphatic carbocycles. The Kier molecular flexibility index (Phi) is 3.92. The van der Waals surface area contributed by atoms with Gasteiger partial charge in [-0.15, -0.1) is 0 Å². The van der Waals surface area contributed by atoms with Crippen LogP contribution >= 0.6 is 0 Å². The molecule has 1 aromatic carbocycles. The summed E-state index contributed by atoms with van der Waals surface area (Å²) in [4.78, 5) is 22.9. The van der Waals surface area contributed by atoms with Crippen molar-refractivity contribution in [3.8, 4) is 0 Å². The molecule has 0 radical (unpaired) electrons. The molecule has 1 heterocycles. The van der Waals surface area contributed by atoms with E-state index < -0.39 is 17.9 Å². The van der Waals surface area contributed by atoms with E-state index in [0.29, 0.717) is 5.56 Å². The second kappa shape index (κ2) is 5.81. The van der Waals surface area contributed by atoms with E-state index in [2.05, 4.69) is 15.5 Å². The number of aromatic nitrogens is 2. The molecule has 0 saturated heterocycles. The first-order chi connectivity index (χ1) is 9.16. The Morgan fingerprint density at radius 1 is 1.32 bits per heavy atom. The van der Waals surface area contributed by atoms with E-state index in [1.54, 1.807) is 0 Å². The van der Waals surface area contributed by atoms with Gasteiger partial charge in [0.25, 0.3) is 5.91 Å². The van der Waals surface area contributed by atoms with Gasteiger partial charge in [-0.05, 0) is 5.56 Å². The number of benzene rings is 1.